The number of carbonyl (C=O) groups excluding carboxylic acids is 3. The molecule has 2 aliphatic rings. The minimum absolute atomic E-state index is 0.00771. The zero-order valence-electron chi connectivity index (χ0n) is 23.3. The van der Waals surface area contributed by atoms with Crippen molar-refractivity contribution in [2.75, 3.05) is 16.8 Å². The first kappa shape index (κ1) is 27.4. The molecule has 6 rings (SSSR count). The summed E-state index contributed by atoms with van der Waals surface area (Å²) in [7, 11) is 0. The summed E-state index contributed by atoms with van der Waals surface area (Å²) >= 11 is 1.24. The van der Waals surface area contributed by atoms with Gasteiger partial charge in [-0.1, -0.05) is 13.0 Å². The maximum atomic E-state index is 13.6. The van der Waals surface area contributed by atoms with Gasteiger partial charge < -0.3 is 20.7 Å². The molecule has 0 bridgehead atoms. The van der Waals surface area contributed by atoms with Gasteiger partial charge in [-0.2, -0.15) is 0 Å². The van der Waals surface area contributed by atoms with E-state index in [0.717, 1.165) is 35.9 Å². The topological polar surface area (TPSA) is 126 Å². The van der Waals surface area contributed by atoms with E-state index in [1.54, 1.807) is 23.4 Å². The minimum Gasteiger partial charge on any atom is -0.456 e. The highest BCUT2D eigenvalue weighted by atomic mass is 32.1. The fourth-order valence-corrected chi connectivity index (χ4v) is 6.63. The highest BCUT2D eigenvalue weighted by Gasteiger charge is 2.34. The number of hydrogen-bond donors (Lipinski definition) is 3. The predicted octanol–water partition coefficient (Wildman–Crippen LogP) is 5.98. The first-order valence-electron chi connectivity index (χ1n) is 13.8. The van der Waals surface area contributed by atoms with Gasteiger partial charge in [0, 0.05) is 24.5 Å². The molecule has 1 saturated carbocycles. The number of anilines is 3. The summed E-state index contributed by atoms with van der Waals surface area (Å²) in [6, 6.07) is 10.7. The zero-order chi connectivity index (χ0) is 29.4. The Morgan fingerprint density at radius 2 is 1.98 bits per heavy atom. The van der Waals surface area contributed by atoms with Crippen molar-refractivity contribution in [1.82, 2.24) is 20.6 Å². The van der Waals surface area contributed by atoms with Crippen LogP contribution >= 0.6 is 11.3 Å². The number of carbonyl (C=O) groups is 3. The van der Waals surface area contributed by atoms with Gasteiger partial charge in [0.25, 0.3) is 5.91 Å². The number of urea groups is 1. The predicted molar refractivity (Wildman–Crippen MR) is 163 cm³/mol. The lowest BCUT2D eigenvalue weighted by atomic mass is 10.0. The monoisotopic (exact) mass is 582 g/mol. The van der Waals surface area contributed by atoms with E-state index >= 15 is 0 Å². The van der Waals surface area contributed by atoms with Crippen LogP contribution in [0, 0.1) is 19.8 Å². The van der Waals surface area contributed by atoms with Gasteiger partial charge in [-0.15, -0.1) is 11.3 Å². The Hall–Kier alpha value is -4.77. The first-order chi connectivity index (χ1) is 20.3. The Morgan fingerprint density at radius 3 is 2.74 bits per heavy atom. The smallest absolute Gasteiger partial charge is 0.331 e. The average Bonchev–Trinajstić information content (AvgIpc) is 3.58. The summed E-state index contributed by atoms with van der Waals surface area (Å²) in [5.74, 6) is 0.885. The van der Waals surface area contributed by atoms with E-state index < -0.39 is 0 Å². The van der Waals surface area contributed by atoms with E-state index in [1.807, 2.05) is 44.2 Å². The molecule has 10 nitrogen and oxygen atoms in total. The Bertz CT molecular complexity index is 1720. The van der Waals surface area contributed by atoms with Crippen molar-refractivity contribution in [3.8, 4) is 11.5 Å². The maximum Gasteiger partial charge on any atom is 0.331 e. The molecule has 0 unspecified atom stereocenters. The summed E-state index contributed by atoms with van der Waals surface area (Å²) in [6.45, 7) is 7.76. The fourth-order valence-electron chi connectivity index (χ4n) is 5.59. The lowest BCUT2D eigenvalue weighted by Crippen LogP contribution is -2.41. The molecule has 3 N–H and O–H groups in total. The van der Waals surface area contributed by atoms with E-state index in [4.69, 9.17) is 4.74 Å². The van der Waals surface area contributed by atoms with E-state index in [0.29, 0.717) is 44.8 Å². The third-order valence-corrected chi connectivity index (χ3v) is 8.77. The number of rotatable bonds is 8. The van der Waals surface area contributed by atoms with Crippen LogP contribution in [-0.4, -0.2) is 40.4 Å². The molecule has 1 aliphatic heterocycles. The second-order valence-corrected chi connectivity index (χ2v) is 11.5. The third kappa shape index (κ3) is 5.18. The standard InChI is InChI=1S/C31H30N6O4S/c1-4-25(38)35-22-7-5-6-19(22)15-34-29(39)28-27-26-24(12-13-32-30(26)42-28)37(31(40)36-27)23-11-10-20(14-17(23)2)41-21-9-8-18(3)33-16-21/h4,8-14,16,19,22H,1,5-7,15H2,2-3H3,(H,34,39)(H,35,38)(H,36,40)/t19-,22-/m0/s1. The van der Waals surface area contributed by atoms with E-state index in [1.165, 1.54) is 17.4 Å². The summed E-state index contributed by atoms with van der Waals surface area (Å²) in [5.41, 5.74) is 3.53. The average molecular weight is 583 g/mol. The molecule has 0 saturated heterocycles. The lowest BCUT2D eigenvalue weighted by Gasteiger charge is -2.29. The highest BCUT2D eigenvalue weighted by Crippen LogP contribution is 2.46. The summed E-state index contributed by atoms with van der Waals surface area (Å²) in [4.78, 5) is 50.1. The Labute approximate surface area is 246 Å². The van der Waals surface area contributed by atoms with Crippen molar-refractivity contribution in [2.45, 2.75) is 39.2 Å². The van der Waals surface area contributed by atoms with E-state index in [2.05, 4.69) is 32.5 Å². The molecule has 42 heavy (non-hydrogen) atoms. The van der Waals surface area contributed by atoms with Crippen LogP contribution in [0.2, 0.25) is 0 Å². The lowest BCUT2D eigenvalue weighted by molar-refractivity contribution is -0.117. The van der Waals surface area contributed by atoms with E-state index in [9.17, 15) is 14.4 Å². The number of aryl methyl sites for hydroxylation is 2. The molecule has 4 aromatic rings. The number of hydrogen-bond acceptors (Lipinski definition) is 7. The van der Waals surface area contributed by atoms with Crippen LogP contribution in [0.5, 0.6) is 11.5 Å². The van der Waals surface area contributed by atoms with Gasteiger partial charge in [-0.05, 0) is 80.6 Å². The van der Waals surface area contributed by atoms with Crippen LogP contribution < -0.4 is 25.6 Å². The largest absolute Gasteiger partial charge is 0.456 e. The quantitative estimate of drug-likeness (QED) is 0.219. The summed E-state index contributed by atoms with van der Waals surface area (Å²) in [5, 5.41) is 9.65. The van der Waals surface area contributed by atoms with Crippen LogP contribution in [0.4, 0.5) is 21.9 Å². The van der Waals surface area contributed by atoms with Crippen molar-refractivity contribution >= 4 is 56.5 Å². The molecule has 4 amide bonds. The van der Waals surface area contributed by atoms with Gasteiger partial charge >= 0.3 is 6.03 Å². The molecule has 2 atom stereocenters. The first-order valence-corrected chi connectivity index (χ1v) is 14.6. The van der Waals surface area contributed by atoms with Crippen molar-refractivity contribution < 1.29 is 19.1 Å². The SMILES string of the molecule is C=CC(=O)N[C@H]1CCC[C@H]1CNC(=O)c1sc2nccc3c2c1NC(=O)N3c1ccc(Oc2ccc(C)nc2)cc1C. The third-order valence-electron chi connectivity index (χ3n) is 7.68. The Balaban J connectivity index is 1.25. The Morgan fingerprint density at radius 1 is 1.14 bits per heavy atom. The molecule has 214 valence electrons. The number of nitrogens with zero attached hydrogens (tertiary/aromatic N) is 3. The van der Waals surface area contributed by atoms with Crippen LogP contribution in [0.15, 0.2) is 61.4 Å². The zero-order valence-corrected chi connectivity index (χ0v) is 24.1. The fraction of sp³-hybridized carbons (Fsp3) is 0.258. The van der Waals surface area contributed by atoms with Crippen LogP contribution in [-0.2, 0) is 4.79 Å². The van der Waals surface area contributed by atoms with Crippen LogP contribution in [0.3, 0.4) is 0 Å². The molecule has 0 radical (unpaired) electrons. The molecule has 3 aromatic heterocycles. The number of ether oxygens (including phenoxy) is 1. The number of amides is 4. The van der Waals surface area contributed by atoms with Crippen LogP contribution in [0.1, 0.15) is 40.2 Å². The normalized spacial score (nSPS) is 17.6. The molecule has 11 heteroatoms. The van der Waals surface area contributed by atoms with Gasteiger partial charge in [0.2, 0.25) is 5.91 Å². The van der Waals surface area contributed by atoms with Crippen molar-refractivity contribution in [1.29, 1.82) is 0 Å². The second-order valence-electron chi connectivity index (χ2n) is 10.5. The number of thiophene rings is 1. The molecule has 4 heterocycles. The minimum atomic E-state index is -0.370. The van der Waals surface area contributed by atoms with Gasteiger partial charge in [-0.3, -0.25) is 19.5 Å². The van der Waals surface area contributed by atoms with Gasteiger partial charge in [-0.25, -0.2) is 9.78 Å². The molecule has 1 aromatic carbocycles. The van der Waals surface area contributed by atoms with Crippen molar-refractivity contribution in [2.24, 2.45) is 5.92 Å². The summed E-state index contributed by atoms with van der Waals surface area (Å²) < 4.78 is 5.96. The Kier molecular flexibility index (Phi) is 7.34. The number of nitrogens with one attached hydrogen (secondary N) is 3. The number of pyridine rings is 2. The molecular weight excluding hydrogens is 552 g/mol. The number of aromatic nitrogens is 2. The second kappa shape index (κ2) is 11.2. The van der Waals surface area contributed by atoms with Crippen molar-refractivity contribution in [3.63, 3.8) is 0 Å². The maximum absolute atomic E-state index is 13.6. The molecular formula is C31H30N6O4S. The van der Waals surface area contributed by atoms with Crippen molar-refractivity contribution in [3.05, 3.63) is 77.6 Å². The van der Waals surface area contributed by atoms with E-state index in [-0.39, 0.29) is 29.8 Å². The van der Waals surface area contributed by atoms with Gasteiger partial charge in [0.15, 0.2) is 0 Å². The van der Waals surface area contributed by atoms with Gasteiger partial charge in [0.1, 0.15) is 21.2 Å². The highest BCUT2D eigenvalue weighted by molar-refractivity contribution is 7.21. The van der Waals surface area contributed by atoms with Gasteiger partial charge in [0.05, 0.1) is 28.6 Å². The molecule has 1 fully saturated rings. The molecule has 0 spiro atoms. The number of benzene rings is 1. The van der Waals surface area contributed by atoms with Crippen LogP contribution in [0.25, 0.3) is 10.2 Å². The molecule has 1 aliphatic carbocycles. The summed E-state index contributed by atoms with van der Waals surface area (Å²) in [6.07, 6.45) is 7.33.